The van der Waals surface area contributed by atoms with E-state index in [4.69, 9.17) is 4.74 Å². The molecule has 5 heterocycles. The van der Waals surface area contributed by atoms with Gasteiger partial charge in [0, 0.05) is 44.3 Å². The molecular weight excluding hydrogens is 550 g/mol. The average molecular weight is 594 g/mol. The third-order valence-electron chi connectivity index (χ3n) is 9.94. The van der Waals surface area contributed by atoms with Gasteiger partial charge in [0.15, 0.2) is 0 Å². The Morgan fingerprint density at radius 3 is 2.28 bits per heavy atom. The molecule has 0 saturated carbocycles. The molecule has 1 aromatic rings. The number of hydrogen-bond acceptors (Lipinski definition) is 8. The van der Waals surface area contributed by atoms with E-state index in [9.17, 15) is 24.0 Å². The number of imide groups is 2. The first-order valence-electron chi connectivity index (χ1n) is 15.8. The zero-order valence-corrected chi connectivity index (χ0v) is 25.5. The highest BCUT2D eigenvalue weighted by atomic mass is 16.6. The number of hydrogen-bond donors (Lipinski definition) is 1. The molecule has 1 N–H and O–H groups in total. The molecule has 4 fully saturated rings. The van der Waals surface area contributed by atoms with Crippen molar-refractivity contribution in [1.82, 2.24) is 20.0 Å². The van der Waals surface area contributed by atoms with E-state index in [1.807, 2.05) is 37.8 Å². The normalized spacial score (nSPS) is 25.3. The Balaban J connectivity index is 1.06. The number of ether oxygens (including phenoxy) is 1. The van der Waals surface area contributed by atoms with Crippen molar-refractivity contribution >= 4 is 35.4 Å². The van der Waals surface area contributed by atoms with E-state index in [2.05, 4.69) is 15.1 Å². The smallest absolute Gasteiger partial charge is 0.410 e. The largest absolute Gasteiger partial charge is 0.444 e. The zero-order valence-electron chi connectivity index (χ0n) is 25.5. The predicted octanol–water partition coefficient (Wildman–Crippen LogP) is 3.17. The van der Waals surface area contributed by atoms with Crippen LogP contribution in [0.25, 0.3) is 0 Å². The number of amides is 5. The van der Waals surface area contributed by atoms with Gasteiger partial charge < -0.3 is 19.4 Å². The lowest BCUT2D eigenvalue weighted by atomic mass is 9.72. The second-order valence-electron chi connectivity index (χ2n) is 13.9. The molecule has 4 saturated heterocycles. The molecule has 1 spiro atoms. The van der Waals surface area contributed by atoms with Crippen molar-refractivity contribution in [2.45, 2.75) is 89.8 Å². The van der Waals surface area contributed by atoms with Crippen molar-refractivity contribution in [3.05, 3.63) is 29.3 Å². The highest BCUT2D eigenvalue weighted by molar-refractivity contribution is 6.23. The van der Waals surface area contributed by atoms with Gasteiger partial charge in [0.1, 0.15) is 11.6 Å². The molecule has 1 unspecified atom stereocenters. The van der Waals surface area contributed by atoms with Gasteiger partial charge in [-0.1, -0.05) is 0 Å². The van der Waals surface area contributed by atoms with Gasteiger partial charge in [-0.25, -0.2) is 4.79 Å². The molecule has 5 amide bonds. The number of anilines is 1. The van der Waals surface area contributed by atoms with E-state index in [0.717, 1.165) is 82.0 Å². The van der Waals surface area contributed by atoms with E-state index >= 15 is 0 Å². The summed E-state index contributed by atoms with van der Waals surface area (Å²) in [5.41, 5.74) is 1.31. The third-order valence-corrected chi connectivity index (χ3v) is 9.94. The van der Waals surface area contributed by atoms with Crippen LogP contribution in [-0.4, -0.2) is 101 Å². The number of piperidine rings is 4. The molecule has 11 nitrogen and oxygen atoms in total. The third kappa shape index (κ3) is 5.88. The Morgan fingerprint density at radius 1 is 0.907 bits per heavy atom. The molecule has 11 heteroatoms. The van der Waals surface area contributed by atoms with Gasteiger partial charge in [0.2, 0.25) is 11.8 Å². The van der Waals surface area contributed by atoms with Crippen LogP contribution in [0.1, 0.15) is 92.9 Å². The van der Waals surface area contributed by atoms with Crippen molar-refractivity contribution in [2.24, 2.45) is 5.41 Å². The lowest BCUT2D eigenvalue weighted by molar-refractivity contribution is -0.136. The van der Waals surface area contributed by atoms with Crippen molar-refractivity contribution in [3.8, 4) is 0 Å². The summed E-state index contributed by atoms with van der Waals surface area (Å²) in [4.78, 5) is 70.8. The van der Waals surface area contributed by atoms with Gasteiger partial charge in [0.25, 0.3) is 11.8 Å². The number of carbonyl (C=O) groups is 5. The number of nitrogens with zero attached hydrogens (tertiary/aromatic N) is 4. The minimum absolute atomic E-state index is 0.105. The molecule has 1 atom stereocenters. The van der Waals surface area contributed by atoms with Crippen LogP contribution in [0.5, 0.6) is 0 Å². The fourth-order valence-corrected chi connectivity index (χ4v) is 7.60. The second kappa shape index (κ2) is 11.2. The molecule has 6 rings (SSSR count). The van der Waals surface area contributed by atoms with Gasteiger partial charge in [0.05, 0.1) is 11.1 Å². The lowest BCUT2D eigenvalue weighted by Gasteiger charge is -2.50. The van der Waals surface area contributed by atoms with Gasteiger partial charge in [-0.3, -0.25) is 29.4 Å². The summed E-state index contributed by atoms with van der Waals surface area (Å²) < 4.78 is 5.56. The Bertz CT molecular complexity index is 1320. The zero-order chi connectivity index (χ0) is 30.5. The Morgan fingerprint density at radius 2 is 1.60 bits per heavy atom. The van der Waals surface area contributed by atoms with Gasteiger partial charge in [-0.2, -0.15) is 0 Å². The van der Waals surface area contributed by atoms with Crippen LogP contribution >= 0.6 is 0 Å². The van der Waals surface area contributed by atoms with Crippen molar-refractivity contribution in [1.29, 1.82) is 0 Å². The quantitative estimate of drug-likeness (QED) is 0.531. The maximum Gasteiger partial charge on any atom is 0.410 e. The Kier molecular flexibility index (Phi) is 7.73. The van der Waals surface area contributed by atoms with Crippen LogP contribution in [-0.2, 0) is 14.3 Å². The summed E-state index contributed by atoms with van der Waals surface area (Å²) in [7, 11) is 0. The summed E-state index contributed by atoms with van der Waals surface area (Å²) >= 11 is 0. The first-order valence-corrected chi connectivity index (χ1v) is 15.8. The summed E-state index contributed by atoms with van der Waals surface area (Å²) in [6.45, 7) is 11.1. The number of rotatable bonds is 3. The summed E-state index contributed by atoms with van der Waals surface area (Å²) in [6, 6.07) is 4.98. The standard InChI is InChI=1S/C32H43N5O6/c1-31(2,3)43-30(42)35-15-9-21(10-16-35)34-17-12-32(13-18-34)11-4-14-36(20-32)22-5-6-23-24(19-22)29(41)37(28(23)40)25-7-8-26(38)33-27(25)39/h5-6,19,21,25H,4,7-18,20H2,1-3H3,(H,33,38,39). The fourth-order valence-electron chi connectivity index (χ4n) is 7.60. The second-order valence-corrected chi connectivity index (χ2v) is 13.9. The first-order chi connectivity index (χ1) is 20.4. The SMILES string of the molecule is CC(C)(C)OC(=O)N1CCC(N2CCC3(CCCN(c4ccc5c(c4)C(=O)N(C4CCC(=O)NC4=O)C5=O)C3)CC2)CC1. The van der Waals surface area contributed by atoms with Gasteiger partial charge in [-0.15, -0.1) is 0 Å². The van der Waals surface area contributed by atoms with Crippen LogP contribution < -0.4 is 10.2 Å². The maximum absolute atomic E-state index is 13.4. The summed E-state index contributed by atoms with van der Waals surface area (Å²) in [5.74, 6) is -1.91. The molecule has 5 aliphatic rings. The molecule has 0 aliphatic carbocycles. The van der Waals surface area contributed by atoms with Crippen LogP contribution in [0.2, 0.25) is 0 Å². The monoisotopic (exact) mass is 593 g/mol. The van der Waals surface area contributed by atoms with Crippen LogP contribution in [0.3, 0.4) is 0 Å². The maximum atomic E-state index is 13.4. The molecule has 1 aromatic carbocycles. The van der Waals surface area contributed by atoms with E-state index < -0.39 is 29.4 Å². The molecule has 43 heavy (non-hydrogen) atoms. The number of fused-ring (bicyclic) bond motifs is 1. The van der Waals surface area contributed by atoms with Crippen LogP contribution in [0.4, 0.5) is 10.5 Å². The average Bonchev–Trinajstić information content (AvgIpc) is 3.21. The number of likely N-dealkylation sites (tertiary alicyclic amines) is 2. The number of nitrogens with one attached hydrogen (secondary N) is 1. The minimum Gasteiger partial charge on any atom is -0.444 e. The highest BCUT2D eigenvalue weighted by Gasteiger charge is 2.45. The topological polar surface area (TPSA) is 120 Å². The molecule has 0 bridgehead atoms. The van der Waals surface area contributed by atoms with Crippen molar-refractivity contribution in [3.63, 3.8) is 0 Å². The minimum atomic E-state index is -0.957. The van der Waals surface area contributed by atoms with Gasteiger partial charge >= 0.3 is 6.09 Å². The van der Waals surface area contributed by atoms with E-state index in [-0.39, 0.29) is 30.3 Å². The van der Waals surface area contributed by atoms with Crippen LogP contribution in [0, 0.1) is 5.41 Å². The molecule has 0 radical (unpaired) electrons. The van der Waals surface area contributed by atoms with Crippen molar-refractivity contribution in [2.75, 3.05) is 44.2 Å². The number of benzene rings is 1. The van der Waals surface area contributed by atoms with Crippen molar-refractivity contribution < 1.29 is 28.7 Å². The Hall–Kier alpha value is -3.47. The van der Waals surface area contributed by atoms with E-state index in [1.54, 1.807) is 6.07 Å². The molecule has 232 valence electrons. The molecular formula is C32H43N5O6. The highest BCUT2D eigenvalue weighted by Crippen LogP contribution is 2.42. The fraction of sp³-hybridized carbons (Fsp3) is 0.656. The Labute approximate surface area is 252 Å². The van der Waals surface area contributed by atoms with Crippen LogP contribution in [0.15, 0.2) is 18.2 Å². The molecule has 5 aliphatic heterocycles. The first kappa shape index (κ1) is 29.6. The van der Waals surface area contributed by atoms with E-state index in [1.165, 1.54) is 6.42 Å². The van der Waals surface area contributed by atoms with Gasteiger partial charge in [-0.05, 0) is 102 Å². The lowest BCUT2D eigenvalue weighted by Crippen LogP contribution is -2.54. The summed E-state index contributed by atoms with van der Waals surface area (Å²) in [6.07, 6.45) is 6.45. The predicted molar refractivity (Wildman–Crippen MR) is 159 cm³/mol. The molecule has 0 aromatic heterocycles. The van der Waals surface area contributed by atoms with E-state index in [0.29, 0.717) is 17.2 Å². The number of carbonyl (C=O) groups excluding carboxylic acids is 5. The summed E-state index contributed by atoms with van der Waals surface area (Å²) in [5, 5.41) is 2.25.